The highest BCUT2D eigenvalue weighted by molar-refractivity contribution is 6.22. The largest absolute Gasteiger partial charge is 0.508 e. The number of carbonyl (C=O) groups is 3. The molecule has 0 bridgehead atoms. The molecule has 0 spiro atoms. The van der Waals surface area contributed by atoms with Crippen molar-refractivity contribution in [3.63, 3.8) is 0 Å². The first-order chi connectivity index (χ1) is 19.4. The minimum atomic E-state index is -2.61. The van der Waals surface area contributed by atoms with Crippen LogP contribution >= 0.6 is 0 Å². The van der Waals surface area contributed by atoms with Crippen LogP contribution in [-0.2, 0) is 27.3 Å². The van der Waals surface area contributed by atoms with Gasteiger partial charge in [0, 0.05) is 44.2 Å². The van der Waals surface area contributed by atoms with Crippen molar-refractivity contribution in [3.8, 4) is 17.2 Å². The number of aromatic hydroxyl groups is 1. The van der Waals surface area contributed by atoms with Crippen LogP contribution in [0.15, 0.2) is 41.2 Å². The number of ether oxygens (including phenoxy) is 2. The highest BCUT2D eigenvalue weighted by Gasteiger charge is 2.60. The number of amides is 1. The van der Waals surface area contributed by atoms with Gasteiger partial charge in [0.1, 0.15) is 22.8 Å². The summed E-state index contributed by atoms with van der Waals surface area (Å²) in [4.78, 5) is 40.0. The number of nitrogens with one attached hydrogen (secondary N) is 1. The number of Topliss-reactive ketones (excluding diaryl/α,β-unsaturated/α-hetero) is 2. The molecule has 12 heteroatoms. The maximum atomic E-state index is 13.8. The molecule has 1 saturated carbocycles. The molecule has 12 nitrogen and oxygen atoms in total. The fourth-order valence-electron chi connectivity index (χ4n) is 6.45. The Morgan fingerprint density at radius 1 is 1.12 bits per heavy atom. The molecule has 1 amide bonds. The number of primary amides is 1. The third-order valence-electron chi connectivity index (χ3n) is 8.44. The Kier molecular flexibility index (Phi) is 5.93. The third-order valence-corrected chi connectivity index (χ3v) is 8.44. The molecule has 41 heavy (non-hydrogen) atoms. The molecule has 0 aromatic heterocycles. The van der Waals surface area contributed by atoms with Gasteiger partial charge in [0.2, 0.25) is 12.6 Å². The smallest absolute Gasteiger partial charge is 0.255 e. The van der Waals surface area contributed by atoms with Crippen LogP contribution in [0.5, 0.6) is 17.2 Å². The summed E-state index contributed by atoms with van der Waals surface area (Å²) < 4.78 is 10.8. The van der Waals surface area contributed by atoms with Crippen LogP contribution in [0.2, 0.25) is 0 Å². The molecule has 4 aliphatic rings. The summed E-state index contributed by atoms with van der Waals surface area (Å²) in [6.45, 7) is 0.431. The van der Waals surface area contributed by atoms with E-state index in [-0.39, 0.29) is 48.6 Å². The minimum absolute atomic E-state index is 0.0246. The molecule has 3 atom stereocenters. The summed E-state index contributed by atoms with van der Waals surface area (Å²) in [6.07, 6.45) is -0.0744. The summed E-state index contributed by atoms with van der Waals surface area (Å²) in [7, 11) is 3.62. The van der Waals surface area contributed by atoms with E-state index in [0.29, 0.717) is 29.3 Å². The van der Waals surface area contributed by atoms with Crippen LogP contribution in [0.3, 0.4) is 0 Å². The Balaban J connectivity index is 1.43. The average Bonchev–Trinajstić information content (AvgIpc) is 3.38. The Hall–Kier alpha value is -4.71. The highest BCUT2D eigenvalue weighted by atomic mass is 16.7. The molecular formula is C29H29N3O9. The van der Waals surface area contributed by atoms with Gasteiger partial charge in [-0.2, -0.15) is 0 Å². The molecule has 6 rings (SSSR count). The lowest BCUT2D eigenvalue weighted by molar-refractivity contribution is -0.147. The summed E-state index contributed by atoms with van der Waals surface area (Å²) in [5.41, 5.74) is 4.07. The molecule has 2 aromatic carbocycles. The lowest BCUT2D eigenvalue weighted by atomic mass is 9.59. The SMILES string of the molecule is CN(C)c1cc(NCc2ccc3c(c2)OCO3)c(O)c2c1CC1C[C@H]3CC(=O)C(C(N)=O)=C(O)[C@@]3(O)C(=O)C1=C2O. The number of nitrogens with two attached hydrogens (primary N) is 1. The van der Waals surface area contributed by atoms with E-state index < -0.39 is 52.0 Å². The highest BCUT2D eigenvalue weighted by Crippen LogP contribution is 2.54. The van der Waals surface area contributed by atoms with Gasteiger partial charge >= 0.3 is 0 Å². The van der Waals surface area contributed by atoms with Gasteiger partial charge in [-0.15, -0.1) is 0 Å². The molecule has 0 saturated heterocycles. The van der Waals surface area contributed by atoms with Gasteiger partial charge in [-0.05, 0) is 48.1 Å². The van der Waals surface area contributed by atoms with Crippen molar-refractivity contribution < 1.29 is 44.3 Å². The molecule has 3 aliphatic carbocycles. The second-order valence-corrected chi connectivity index (χ2v) is 11.0. The second-order valence-electron chi connectivity index (χ2n) is 11.0. The number of hydrogen-bond acceptors (Lipinski definition) is 11. The zero-order valence-corrected chi connectivity index (χ0v) is 22.4. The summed E-state index contributed by atoms with van der Waals surface area (Å²) in [6, 6.07) is 7.19. The first-order valence-electron chi connectivity index (χ1n) is 13.1. The van der Waals surface area contributed by atoms with Crippen LogP contribution < -0.4 is 25.4 Å². The number of aliphatic hydroxyl groups is 3. The minimum Gasteiger partial charge on any atom is -0.508 e. The number of benzene rings is 2. The van der Waals surface area contributed by atoms with Crippen molar-refractivity contribution in [2.75, 3.05) is 31.1 Å². The van der Waals surface area contributed by atoms with E-state index in [9.17, 15) is 34.8 Å². The first kappa shape index (κ1) is 26.5. The van der Waals surface area contributed by atoms with Crippen molar-refractivity contribution in [1.29, 1.82) is 0 Å². The zero-order valence-electron chi connectivity index (χ0n) is 22.4. The Bertz CT molecular complexity index is 1610. The molecule has 1 heterocycles. The number of nitrogens with zero attached hydrogens (tertiary/aromatic N) is 1. The number of ketones is 2. The molecule has 0 radical (unpaired) electrons. The summed E-state index contributed by atoms with van der Waals surface area (Å²) >= 11 is 0. The van der Waals surface area contributed by atoms with E-state index >= 15 is 0 Å². The number of aliphatic hydroxyl groups excluding tert-OH is 2. The van der Waals surface area contributed by atoms with Crippen LogP contribution in [-0.4, -0.2) is 64.4 Å². The van der Waals surface area contributed by atoms with Gasteiger partial charge < -0.3 is 45.9 Å². The van der Waals surface area contributed by atoms with Gasteiger partial charge in [0.15, 0.2) is 22.9 Å². The first-order valence-corrected chi connectivity index (χ1v) is 13.1. The number of carbonyl (C=O) groups excluding carboxylic acids is 3. The lowest BCUT2D eigenvalue weighted by Gasteiger charge is -2.46. The second kappa shape index (κ2) is 9.16. The van der Waals surface area contributed by atoms with Gasteiger partial charge in [0.05, 0.1) is 11.3 Å². The van der Waals surface area contributed by atoms with Crippen LogP contribution in [0.1, 0.15) is 29.5 Å². The average molecular weight is 564 g/mol. The van der Waals surface area contributed by atoms with Crippen LogP contribution in [0.4, 0.5) is 11.4 Å². The number of anilines is 2. The standard InChI is InChI=1S/C29H29N3O9/c1-32(2)17-9-16(31-10-12-3-4-19-20(5-12)41-11-40-19)24(34)22-15(17)7-13-6-14-8-18(33)23(28(30)38)27(37)29(14,39)26(36)21(13)25(22)35/h3-5,9,13-14,31,34-35,37,39H,6-8,10-11H2,1-2H3,(H2,30,38)/t13?,14-,29-/m0/s1. The third kappa shape index (κ3) is 3.81. The summed E-state index contributed by atoms with van der Waals surface area (Å²) in [5.74, 6) is -5.36. The molecule has 1 fully saturated rings. The Labute approximate surface area is 234 Å². The molecule has 214 valence electrons. The van der Waals surface area contributed by atoms with Crippen LogP contribution in [0, 0.1) is 11.8 Å². The molecule has 7 N–H and O–H groups in total. The van der Waals surface area contributed by atoms with Gasteiger partial charge in [-0.1, -0.05) is 6.07 Å². The van der Waals surface area contributed by atoms with Crippen molar-refractivity contribution in [3.05, 3.63) is 57.9 Å². The maximum Gasteiger partial charge on any atom is 0.255 e. The normalized spacial score (nSPS) is 24.6. The van der Waals surface area contributed by atoms with E-state index in [2.05, 4.69) is 5.32 Å². The zero-order chi connectivity index (χ0) is 29.4. The quantitative estimate of drug-likeness (QED) is 0.230. The Morgan fingerprint density at radius 2 is 1.85 bits per heavy atom. The monoisotopic (exact) mass is 563 g/mol. The van der Waals surface area contributed by atoms with E-state index in [1.807, 2.05) is 31.1 Å². The van der Waals surface area contributed by atoms with Crippen molar-refractivity contribution in [2.45, 2.75) is 31.4 Å². The predicted molar refractivity (Wildman–Crippen MR) is 146 cm³/mol. The topological polar surface area (TPSA) is 192 Å². The van der Waals surface area contributed by atoms with Crippen molar-refractivity contribution in [1.82, 2.24) is 0 Å². The maximum absolute atomic E-state index is 13.8. The molecule has 1 aliphatic heterocycles. The van der Waals surface area contributed by atoms with Crippen LogP contribution in [0.25, 0.3) is 5.76 Å². The van der Waals surface area contributed by atoms with E-state index in [1.54, 1.807) is 12.1 Å². The predicted octanol–water partition coefficient (Wildman–Crippen LogP) is 1.83. The van der Waals surface area contributed by atoms with Gasteiger partial charge in [-0.3, -0.25) is 14.4 Å². The summed E-state index contributed by atoms with van der Waals surface area (Å²) in [5, 5.41) is 48.2. The number of phenols is 1. The number of hydrogen-bond donors (Lipinski definition) is 6. The lowest BCUT2D eigenvalue weighted by Crippen LogP contribution is -2.58. The molecule has 1 unspecified atom stereocenters. The fraction of sp³-hybridized carbons (Fsp3) is 0.345. The van der Waals surface area contributed by atoms with E-state index in [0.717, 1.165) is 5.56 Å². The molecular weight excluding hydrogens is 534 g/mol. The Morgan fingerprint density at radius 3 is 2.56 bits per heavy atom. The molecule has 2 aromatic rings. The van der Waals surface area contributed by atoms with E-state index in [1.165, 1.54) is 0 Å². The number of fused-ring (bicyclic) bond motifs is 4. The van der Waals surface area contributed by atoms with E-state index in [4.69, 9.17) is 15.2 Å². The van der Waals surface area contributed by atoms with Gasteiger partial charge in [0.25, 0.3) is 5.91 Å². The van der Waals surface area contributed by atoms with Gasteiger partial charge in [-0.25, -0.2) is 0 Å². The fourth-order valence-corrected chi connectivity index (χ4v) is 6.45. The number of rotatable bonds is 5. The van der Waals surface area contributed by atoms with Crippen molar-refractivity contribution in [2.24, 2.45) is 17.6 Å². The number of phenolic OH excluding ortho intramolecular Hbond substituents is 1. The van der Waals surface area contributed by atoms with Crippen molar-refractivity contribution >= 4 is 34.6 Å².